The van der Waals surface area contributed by atoms with Crippen molar-refractivity contribution in [3.63, 3.8) is 0 Å². The summed E-state index contributed by atoms with van der Waals surface area (Å²) < 4.78 is 9.04. The molecule has 5 nitrogen and oxygen atoms in total. The molecule has 8 rings (SSSR count). The monoisotopic (exact) mass is 610 g/mol. The van der Waals surface area contributed by atoms with Gasteiger partial charge in [0.25, 0.3) is 0 Å². The number of thiazole rings is 1. The van der Waals surface area contributed by atoms with E-state index in [1.165, 1.54) is 43.7 Å². The highest BCUT2D eigenvalue weighted by molar-refractivity contribution is 7.14. The zero-order valence-corrected chi connectivity index (χ0v) is 27.8. The first kappa shape index (κ1) is 28.0. The molecule has 0 N–H and O–H groups in total. The van der Waals surface area contributed by atoms with Crippen LogP contribution in [0.4, 0.5) is 5.69 Å². The van der Waals surface area contributed by atoms with Crippen LogP contribution in [0.1, 0.15) is 56.2 Å². The molecule has 2 aliphatic rings. The van der Waals surface area contributed by atoms with Crippen molar-refractivity contribution < 1.29 is 4.74 Å². The van der Waals surface area contributed by atoms with Crippen LogP contribution in [0.5, 0.6) is 11.5 Å². The van der Waals surface area contributed by atoms with Crippen LogP contribution in [0.3, 0.4) is 0 Å². The highest BCUT2D eigenvalue weighted by Crippen LogP contribution is 2.53. The molecular weight excluding hydrogens is 573 g/mol. The molecule has 3 heterocycles. The number of nitrogens with zero attached hydrogens (tertiary/aromatic N) is 4. The van der Waals surface area contributed by atoms with Gasteiger partial charge in [-0.25, -0.2) is 4.98 Å². The van der Waals surface area contributed by atoms with Crippen LogP contribution in [0, 0.1) is 6.92 Å². The van der Waals surface area contributed by atoms with Crippen LogP contribution in [0.25, 0.3) is 32.6 Å². The van der Waals surface area contributed by atoms with Crippen LogP contribution < -0.4 is 9.64 Å². The predicted molar refractivity (Wildman–Crippen MR) is 188 cm³/mol. The van der Waals surface area contributed by atoms with E-state index < -0.39 is 0 Å². The summed E-state index contributed by atoms with van der Waals surface area (Å²) in [6.07, 6.45) is 1.95. The van der Waals surface area contributed by atoms with Crippen molar-refractivity contribution in [2.45, 2.75) is 52.4 Å². The molecule has 0 bridgehead atoms. The second-order valence-corrected chi connectivity index (χ2v) is 15.2. The topological polar surface area (TPSA) is 33.5 Å². The van der Waals surface area contributed by atoms with Gasteiger partial charge in [0.05, 0.1) is 29.1 Å². The van der Waals surface area contributed by atoms with Gasteiger partial charge < -0.3 is 14.5 Å². The lowest BCUT2D eigenvalue weighted by Crippen LogP contribution is -2.33. The van der Waals surface area contributed by atoms with E-state index in [4.69, 9.17) is 9.72 Å². The predicted octanol–water partition coefficient (Wildman–Crippen LogP) is 10.0. The third kappa shape index (κ3) is 4.30. The molecule has 0 spiro atoms. The van der Waals surface area contributed by atoms with Gasteiger partial charge in [0.1, 0.15) is 11.5 Å². The lowest BCUT2D eigenvalue weighted by molar-refractivity contribution is 0.477. The number of hydrogen-bond donors (Lipinski definition) is 0. The van der Waals surface area contributed by atoms with Crippen molar-refractivity contribution in [3.05, 3.63) is 118 Å². The molecule has 226 valence electrons. The minimum absolute atomic E-state index is 0.0514. The van der Waals surface area contributed by atoms with Gasteiger partial charge >= 0.3 is 0 Å². The van der Waals surface area contributed by atoms with E-state index in [1.54, 1.807) is 11.3 Å². The van der Waals surface area contributed by atoms with E-state index >= 15 is 0 Å². The molecule has 1 aliphatic carbocycles. The van der Waals surface area contributed by atoms with Gasteiger partial charge in [0, 0.05) is 57.7 Å². The molecule has 0 amide bonds. The number of fused-ring (bicyclic) bond motifs is 5. The van der Waals surface area contributed by atoms with Crippen molar-refractivity contribution in [1.82, 2.24) is 14.5 Å². The lowest BCUT2D eigenvalue weighted by atomic mass is 9.83. The normalized spacial score (nSPS) is 15.8. The quantitative estimate of drug-likeness (QED) is 0.199. The molecular formula is C39H38N4OS. The maximum Gasteiger partial charge on any atom is 0.194 e. The Hall–Kier alpha value is -4.55. The zero-order chi connectivity index (χ0) is 31.2. The van der Waals surface area contributed by atoms with Gasteiger partial charge in [-0.1, -0.05) is 77.1 Å². The fourth-order valence-corrected chi connectivity index (χ4v) is 8.02. The molecule has 0 radical (unpaired) electrons. The number of ether oxygens (including phenoxy) is 1. The van der Waals surface area contributed by atoms with Crippen molar-refractivity contribution in [2.24, 2.45) is 0 Å². The average Bonchev–Trinajstić information content (AvgIpc) is 3.74. The average molecular weight is 611 g/mol. The van der Waals surface area contributed by atoms with Crippen LogP contribution in [-0.2, 0) is 10.8 Å². The summed E-state index contributed by atoms with van der Waals surface area (Å²) in [6.45, 7) is 14.4. The SMILES string of the molecule is Cc1cnc(-n2c3ccccc3c3ccc(Oc4cc(N5CN(C)C6=C5C(C)(C)c5ccccc56)cc(C(C)(C)C)c4)cc32)s1. The number of anilines is 1. The molecule has 2 aromatic heterocycles. The molecule has 45 heavy (non-hydrogen) atoms. The molecule has 1 aliphatic heterocycles. The Balaban J connectivity index is 1.24. The summed E-state index contributed by atoms with van der Waals surface area (Å²) >= 11 is 1.71. The summed E-state index contributed by atoms with van der Waals surface area (Å²) in [7, 11) is 2.21. The molecule has 4 aromatic carbocycles. The van der Waals surface area contributed by atoms with Gasteiger partial charge in [-0.3, -0.25) is 4.57 Å². The van der Waals surface area contributed by atoms with Gasteiger partial charge in [-0.2, -0.15) is 0 Å². The number of rotatable bonds is 4. The van der Waals surface area contributed by atoms with E-state index in [0.29, 0.717) is 0 Å². The molecule has 0 fully saturated rings. The second-order valence-electron chi connectivity index (χ2n) is 14.0. The van der Waals surface area contributed by atoms with Crippen LogP contribution >= 0.6 is 11.3 Å². The Kier molecular flexibility index (Phi) is 6.04. The number of aryl methyl sites for hydroxylation is 1. The van der Waals surface area contributed by atoms with Crippen LogP contribution in [0.2, 0.25) is 0 Å². The Morgan fingerprint density at radius 1 is 0.844 bits per heavy atom. The van der Waals surface area contributed by atoms with Crippen LogP contribution in [0.15, 0.2) is 96.8 Å². The van der Waals surface area contributed by atoms with E-state index in [0.717, 1.165) is 40.0 Å². The zero-order valence-electron chi connectivity index (χ0n) is 27.0. The number of hydrogen-bond acceptors (Lipinski definition) is 5. The lowest BCUT2D eigenvalue weighted by Gasteiger charge is -2.34. The van der Waals surface area contributed by atoms with Gasteiger partial charge in [-0.05, 0) is 53.8 Å². The summed E-state index contributed by atoms with van der Waals surface area (Å²) in [5.41, 5.74) is 9.89. The number of para-hydroxylation sites is 1. The highest BCUT2D eigenvalue weighted by Gasteiger charge is 2.46. The third-order valence-corrected chi connectivity index (χ3v) is 10.3. The maximum atomic E-state index is 6.78. The molecule has 0 unspecified atom stereocenters. The van der Waals surface area contributed by atoms with Crippen molar-refractivity contribution >= 4 is 44.5 Å². The Morgan fingerprint density at radius 2 is 1.60 bits per heavy atom. The molecule has 6 heteroatoms. The number of benzene rings is 4. The van der Waals surface area contributed by atoms with Gasteiger partial charge in [0.2, 0.25) is 0 Å². The van der Waals surface area contributed by atoms with E-state index in [1.807, 2.05) is 6.20 Å². The standard InChI is InChI=1S/C39H38N4OS/c1-24-22-40-37(45-24)43-33-15-11-9-12-29(33)30-17-16-27(21-34(30)43)44-28-19-25(38(2,3)4)18-26(20-28)42-23-41(7)35-31-13-8-10-14-32(31)39(5,6)36(35)42/h8-22H,23H2,1-7H3. The fraction of sp³-hybridized carbons (Fsp3) is 0.256. The summed E-state index contributed by atoms with van der Waals surface area (Å²) in [5.74, 6) is 1.65. The largest absolute Gasteiger partial charge is 0.457 e. The van der Waals surface area contributed by atoms with Crippen molar-refractivity contribution in [1.29, 1.82) is 0 Å². The first-order valence-electron chi connectivity index (χ1n) is 15.6. The van der Waals surface area contributed by atoms with Crippen LogP contribution in [-0.4, -0.2) is 28.2 Å². The van der Waals surface area contributed by atoms with E-state index in [-0.39, 0.29) is 10.8 Å². The van der Waals surface area contributed by atoms with E-state index in [2.05, 4.69) is 148 Å². The Bertz CT molecular complexity index is 2180. The first-order chi connectivity index (χ1) is 21.5. The summed E-state index contributed by atoms with van der Waals surface area (Å²) in [6, 6.07) is 30.6. The van der Waals surface area contributed by atoms with Crippen molar-refractivity contribution in [2.75, 3.05) is 18.6 Å². The summed E-state index contributed by atoms with van der Waals surface area (Å²) in [5, 5.41) is 3.37. The van der Waals surface area contributed by atoms with Gasteiger partial charge in [0.15, 0.2) is 5.13 Å². The fourth-order valence-electron chi connectivity index (χ4n) is 7.24. The second kappa shape index (κ2) is 9.72. The van der Waals surface area contributed by atoms with E-state index in [9.17, 15) is 0 Å². The Morgan fingerprint density at radius 3 is 2.38 bits per heavy atom. The molecule has 0 atom stereocenters. The third-order valence-electron chi connectivity index (χ3n) is 9.43. The highest BCUT2D eigenvalue weighted by atomic mass is 32.1. The minimum Gasteiger partial charge on any atom is -0.457 e. The van der Waals surface area contributed by atoms with Crippen molar-refractivity contribution in [3.8, 4) is 16.6 Å². The minimum atomic E-state index is -0.109. The Labute approximate surface area is 269 Å². The number of aromatic nitrogens is 2. The molecule has 6 aromatic rings. The first-order valence-corrected chi connectivity index (χ1v) is 16.4. The van der Waals surface area contributed by atoms with Gasteiger partial charge in [-0.15, -0.1) is 11.3 Å². The number of allylic oxidation sites excluding steroid dienone is 1. The summed E-state index contributed by atoms with van der Waals surface area (Å²) in [4.78, 5) is 10.8. The smallest absolute Gasteiger partial charge is 0.194 e. The molecule has 0 saturated heterocycles. The maximum absolute atomic E-state index is 6.78. The molecule has 0 saturated carbocycles.